The fourth-order valence-electron chi connectivity index (χ4n) is 2.06. The first-order valence-corrected chi connectivity index (χ1v) is 7.63. The van der Waals surface area contributed by atoms with Crippen LogP contribution in [0.5, 0.6) is 0 Å². The summed E-state index contributed by atoms with van der Waals surface area (Å²) in [6, 6.07) is -0.423. The molecule has 1 amide bonds. The number of sulfone groups is 1. The number of hydrogen-bond donors (Lipinski definition) is 3. The topological polar surface area (TPSA) is 113 Å². The lowest BCUT2D eigenvalue weighted by molar-refractivity contribution is -0.143. The van der Waals surface area contributed by atoms with Crippen molar-refractivity contribution in [3.63, 3.8) is 0 Å². The zero-order valence-electron chi connectivity index (χ0n) is 9.81. The highest BCUT2D eigenvalue weighted by molar-refractivity contribution is 7.91. The van der Waals surface area contributed by atoms with Crippen LogP contribution in [0.25, 0.3) is 0 Å². The SMILES string of the molecule is O=C(CC1CS(=O)(=O)CCN1)NC1(C(=O)O)CC1. The summed E-state index contributed by atoms with van der Waals surface area (Å²) in [7, 11) is -3.08. The van der Waals surface area contributed by atoms with E-state index in [4.69, 9.17) is 5.11 Å². The molecule has 0 radical (unpaired) electrons. The number of carboxylic acids is 1. The van der Waals surface area contributed by atoms with Crippen LogP contribution in [-0.4, -0.2) is 55.0 Å². The van der Waals surface area contributed by atoms with Crippen molar-refractivity contribution in [2.45, 2.75) is 30.8 Å². The zero-order chi connectivity index (χ0) is 13.4. The molecule has 0 aromatic carbocycles. The second kappa shape index (κ2) is 4.51. The molecule has 2 fully saturated rings. The van der Waals surface area contributed by atoms with Gasteiger partial charge in [0.15, 0.2) is 9.84 Å². The van der Waals surface area contributed by atoms with Crippen LogP contribution in [0.2, 0.25) is 0 Å². The normalized spacial score (nSPS) is 28.3. The van der Waals surface area contributed by atoms with Gasteiger partial charge in [-0.3, -0.25) is 4.79 Å². The molecule has 1 heterocycles. The zero-order valence-corrected chi connectivity index (χ0v) is 10.6. The van der Waals surface area contributed by atoms with E-state index in [-0.39, 0.29) is 17.9 Å². The molecule has 1 saturated carbocycles. The first-order valence-electron chi connectivity index (χ1n) is 5.81. The van der Waals surface area contributed by atoms with E-state index < -0.39 is 33.3 Å². The molecular weight excluding hydrogens is 260 g/mol. The van der Waals surface area contributed by atoms with Gasteiger partial charge in [-0.1, -0.05) is 0 Å². The molecule has 7 nitrogen and oxygen atoms in total. The summed E-state index contributed by atoms with van der Waals surface area (Å²) < 4.78 is 22.8. The van der Waals surface area contributed by atoms with E-state index >= 15 is 0 Å². The van der Waals surface area contributed by atoms with Crippen LogP contribution in [0.4, 0.5) is 0 Å². The number of rotatable bonds is 4. The number of carbonyl (C=O) groups is 2. The summed E-state index contributed by atoms with van der Waals surface area (Å²) in [5.41, 5.74) is -1.11. The van der Waals surface area contributed by atoms with Crippen molar-refractivity contribution in [2.75, 3.05) is 18.1 Å². The highest BCUT2D eigenvalue weighted by atomic mass is 32.2. The molecule has 18 heavy (non-hydrogen) atoms. The summed E-state index contributed by atoms with van der Waals surface area (Å²) in [5, 5.41) is 14.3. The van der Waals surface area contributed by atoms with Gasteiger partial charge in [0.2, 0.25) is 5.91 Å². The van der Waals surface area contributed by atoms with E-state index in [2.05, 4.69) is 10.6 Å². The van der Waals surface area contributed by atoms with Gasteiger partial charge in [-0.05, 0) is 12.8 Å². The Kier molecular flexibility index (Phi) is 3.33. The molecular formula is C10H16N2O5S. The minimum Gasteiger partial charge on any atom is -0.480 e. The third kappa shape index (κ3) is 2.99. The summed E-state index contributed by atoms with van der Waals surface area (Å²) in [4.78, 5) is 22.6. The van der Waals surface area contributed by atoms with Gasteiger partial charge in [-0.2, -0.15) is 0 Å². The van der Waals surface area contributed by atoms with Crippen LogP contribution < -0.4 is 10.6 Å². The Morgan fingerprint density at radius 2 is 2.06 bits per heavy atom. The molecule has 102 valence electrons. The maximum atomic E-state index is 11.7. The van der Waals surface area contributed by atoms with Crippen molar-refractivity contribution in [3.05, 3.63) is 0 Å². The predicted octanol–water partition coefficient (Wildman–Crippen LogP) is -1.50. The Balaban J connectivity index is 1.87. The molecule has 0 spiro atoms. The average Bonchev–Trinajstić information content (AvgIpc) is 2.96. The minimum atomic E-state index is -3.08. The largest absolute Gasteiger partial charge is 0.480 e. The van der Waals surface area contributed by atoms with Gasteiger partial charge in [-0.15, -0.1) is 0 Å². The van der Waals surface area contributed by atoms with Crippen molar-refractivity contribution in [3.8, 4) is 0 Å². The molecule has 1 atom stereocenters. The Hall–Kier alpha value is -1.15. The summed E-state index contributed by atoms with van der Waals surface area (Å²) in [6.07, 6.45) is 0.864. The molecule has 8 heteroatoms. The number of amides is 1. The molecule has 1 saturated heterocycles. The summed E-state index contributed by atoms with van der Waals surface area (Å²) in [6.45, 7) is 0.338. The van der Waals surface area contributed by atoms with Gasteiger partial charge >= 0.3 is 5.97 Å². The minimum absolute atomic E-state index is 0.00569. The number of nitrogens with one attached hydrogen (secondary N) is 2. The van der Waals surface area contributed by atoms with Crippen molar-refractivity contribution in [1.29, 1.82) is 0 Å². The number of hydrogen-bond acceptors (Lipinski definition) is 5. The van der Waals surface area contributed by atoms with Crippen LogP contribution in [0.1, 0.15) is 19.3 Å². The maximum absolute atomic E-state index is 11.7. The number of carboxylic acid groups (broad SMARTS) is 1. The van der Waals surface area contributed by atoms with E-state index in [9.17, 15) is 18.0 Å². The van der Waals surface area contributed by atoms with Crippen LogP contribution >= 0.6 is 0 Å². The van der Waals surface area contributed by atoms with E-state index in [0.29, 0.717) is 19.4 Å². The molecule has 0 aromatic heterocycles. The van der Waals surface area contributed by atoms with E-state index in [1.807, 2.05) is 0 Å². The van der Waals surface area contributed by atoms with Gasteiger partial charge < -0.3 is 15.7 Å². The molecule has 3 N–H and O–H groups in total. The Labute approximate surface area is 105 Å². The molecule has 2 aliphatic rings. The Bertz CT molecular complexity index is 469. The van der Waals surface area contributed by atoms with Gasteiger partial charge in [0.05, 0.1) is 11.5 Å². The quantitative estimate of drug-likeness (QED) is 0.576. The van der Waals surface area contributed by atoms with Crippen LogP contribution in [0, 0.1) is 0 Å². The van der Waals surface area contributed by atoms with Gasteiger partial charge in [-0.25, -0.2) is 13.2 Å². The third-order valence-electron chi connectivity index (χ3n) is 3.27. The highest BCUT2D eigenvalue weighted by Crippen LogP contribution is 2.35. The summed E-state index contributed by atoms with van der Waals surface area (Å²) in [5.74, 6) is -1.42. The third-order valence-corrected chi connectivity index (χ3v) is 5.01. The molecule has 1 unspecified atom stereocenters. The molecule has 0 aromatic rings. The van der Waals surface area contributed by atoms with Gasteiger partial charge in [0, 0.05) is 19.0 Å². The first-order chi connectivity index (χ1) is 8.33. The molecule has 2 rings (SSSR count). The highest BCUT2D eigenvalue weighted by Gasteiger charge is 2.51. The van der Waals surface area contributed by atoms with Crippen molar-refractivity contribution in [2.24, 2.45) is 0 Å². The lowest BCUT2D eigenvalue weighted by Gasteiger charge is -2.23. The van der Waals surface area contributed by atoms with Crippen molar-refractivity contribution >= 4 is 21.7 Å². The van der Waals surface area contributed by atoms with Crippen LogP contribution in [-0.2, 0) is 19.4 Å². The fraction of sp³-hybridized carbons (Fsp3) is 0.800. The maximum Gasteiger partial charge on any atom is 0.329 e. The smallest absolute Gasteiger partial charge is 0.329 e. The van der Waals surface area contributed by atoms with Gasteiger partial charge in [0.25, 0.3) is 0 Å². The fourth-order valence-corrected chi connectivity index (χ4v) is 3.50. The van der Waals surface area contributed by atoms with Crippen LogP contribution in [0.3, 0.4) is 0 Å². The first kappa shape index (κ1) is 13.3. The molecule has 1 aliphatic heterocycles. The number of aliphatic carboxylic acids is 1. The lowest BCUT2D eigenvalue weighted by atomic mass is 10.2. The lowest BCUT2D eigenvalue weighted by Crippen LogP contribution is -2.50. The standard InChI is InChI=1S/C10H16N2O5S/c13-8(12-10(1-2-10)9(14)15)5-7-6-18(16,17)4-3-11-7/h7,11H,1-6H2,(H,12,13)(H,14,15). The predicted molar refractivity (Wildman–Crippen MR) is 62.8 cm³/mol. The Morgan fingerprint density at radius 1 is 1.39 bits per heavy atom. The van der Waals surface area contributed by atoms with Crippen molar-refractivity contribution in [1.82, 2.24) is 10.6 Å². The second-order valence-corrected chi connectivity index (χ2v) is 7.13. The van der Waals surface area contributed by atoms with Crippen molar-refractivity contribution < 1.29 is 23.1 Å². The molecule has 1 aliphatic carbocycles. The van der Waals surface area contributed by atoms with Gasteiger partial charge in [0.1, 0.15) is 5.54 Å². The monoisotopic (exact) mass is 276 g/mol. The van der Waals surface area contributed by atoms with Crippen LogP contribution in [0.15, 0.2) is 0 Å². The summed E-state index contributed by atoms with van der Waals surface area (Å²) >= 11 is 0. The van der Waals surface area contributed by atoms with E-state index in [1.54, 1.807) is 0 Å². The van der Waals surface area contributed by atoms with E-state index in [0.717, 1.165) is 0 Å². The number of carbonyl (C=O) groups excluding carboxylic acids is 1. The Morgan fingerprint density at radius 3 is 2.56 bits per heavy atom. The molecule has 0 bridgehead atoms. The second-order valence-electron chi connectivity index (χ2n) is 4.90. The average molecular weight is 276 g/mol. The van der Waals surface area contributed by atoms with E-state index in [1.165, 1.54) is 0 Å².